The number of thioether (sulfide) groups is 1. The normalized spacial score (nSPS) is 11.6. The minimum absolute atomic E-state index is 0.467. The predicted octanol–water partition coefficient (Wildman–Crippen LogP) is 16.4. The van der Waals surface area contributed by atoms with Gasteiger partial charge in [-0.1, -0.05) is 126 Å². The van der Waals surface area contributed by atoms with Crippen LogP contribution in [0.5, 0.6) is 0 Å². The summed E-state index contributed by atoms with van der Waals surface area (Å²) in [7, 11) is 0. The fourth-order valence-corrected chi connectivity index (χ4v) is 8.62. The van der Waals surface area contributed by atoms with Gasteiger partial charge in [-0.05, 0) is 152 Å². The van der Waals surface area contributed by atoms with Crippen molar-refractivity contribution in [1.82, 2.24) is 0 Å². The van der Waals surface area contributed by atoms with Crippen LogP contribution in [0.2, 0.25) is 10.0 Å². The van der Waals surface area contributed by atoms with Crippen molar-refractivity contribution in [3.63, 3.8) is 0 Å². The average molecular weight is 800 g/mol. The molecule has 0 aliphatic heterocycles. The standard InChI is InChI=1S/C48H31Cl2F3S2/c1-54-39-22-15-30(16-23-39)44-42(34-8-6-10-38(50)28-34)26-19-35-29-43(33-7-5-9-36(27-33)48(51,52)53)45(46(47(35)44)32-13-20-37(49)21-14-32)31-17-24-41(25-18-31)55-40-11-3-2-4-12-40/h2-29H,1H3. The molecule has 8 rings (SSSR count). The first-order valence-electron chi connectivity index (χ1n) is 17.5. The van der Waals surface area contributed by atoms with Crippen LogP contribution in [0.3, 0.4) is 0 Å². The van der Waals surface area contributed by atoms with Crippen LogP contribution in [0.4, 0.5) is 13.2 Å². The van der Waals surface area contributed by atoms with Gasteiger partial charge in [-0.25, -0.2) is 0 Å². The number of hydrogen-bond acceptors (Lipinski definition) is 2. The molecule has 0 nitrogen and oxygen atoms in total. The molecule has 55 heavy (non-hydrogen) atoms. The third-order valence-corrected chi connectivity index (χ3v) is 11.8. The van der Waals surface area contributed by atoms with Gasteiger partial charge in [0, 0.05) is 24.7 Å². The third-order valence-electron chi connectivity index (χ3n) is 9.58. The number of benzene rings is 8. The summed E-state index contributed by atoms with van der Waals surface area (Å²) >= 11 is 16.4. The van der Waals surface area contributed by atoms with Crippen LogP contribution >= 0.6 is 46.7 Å². The second-order valence-electron chi connectivity index (χ2n) is 13.0. The van der Waals surface area contributed by atoms with Crippen molar-refractivity contribution in [3.05, 3.63) is 185 Å². The molecule has 0 spiro atoms. The summed E-state index contributed by atoms with van der Waals surface area (Å²) in [6.45, 7) is 0. The smallest absolute Gasteiger partial charge is 0.166 e. The SMILES string of the molecule is CSc1ccc(-c2c(-c3cccc(Cl)c3)ccc3cc(-c4cccc(C(F)(F)F)c4)c(-c4ccc(Sc5ccccc5)cc4)c(-c4ccc(Cl)cc4)c23)cc1. The molecular formula is C48H31Cl2F3S2. The second-order valence-corrected chi connectivity index (χ2v) is 15.9. The lowest BCUT2D eigenvalue weighted by Crippen LogP contribution is -2.04. The van der Waals surface area contributed by atoms with Gasteiger partial charge in [0.15, 0.2) is 0 Å². The number of hydrogen-bond donors (Lipinski definition) is 0. The van der Waals surface area contributed by atoms with Crippen LogP contribution < -0.4 is 0 Å². The summed E-state index contributed by atoms with van der Waals surface area (Å²) in [5, 5.41) is 3.05. The molecule has 0 amide bonds. The molecule has 0 aliphatic carbocycles. The molecule has 0 saturated heterocycles. The van der Waals surface area contributed by atoms with Crippen LogP contribution in [-0.2, 0) is 6.18 Å². The van der Waals surface area contributed by atoms with Gasteiger partial charge in [0.1, 0.15) is 0 Å². The molecular weight excluding hydrogens is 769 g/mol. The Kier molecular flexibility index (Phi) is 10.6. The Labute approximate surface area is 337 Å². The summed E-state index contributed by atoms with van der Waals surface area (Å²) < 4.78 is 42.8. The third kappa shape index (κ3) is 7.81. The zero-order chi connectivity index (χ0) is 38.1. The summed E-state index contributed by atoms with van der Waals surface area (Å²) in [5.74, 6) is 0. The topological polar surface area (TPSA) is 0 Å². The molecule has 0 saturated carbocycles. The van der Waals surface area contributed by atoms with Gasteiger partial charge in [-0.3, -0.25) is 0 Å². The second kappa shape index (κ2) is 15.7. The summed E-state index contributed by atoms with van der Waals surface area (Å²) in [6.07, 6.45) is -2.46. The van der Waals surface area contributed by atoms with Gasteiger partial charge in [0.2, 0.25) is 0 Å². The lowest BCUT2D eigenvalue weighted by molar-refractivity contribution is -0.137. The van der Waals surface area contributed by atoms with E-state index in [0.717, 1.165) is 76.0 Å². The Morgan fingerprint density at radius 3 is 1.67 bits per heavy atom. The van der Waals surface area contributed by atoms with Gasteiger partial charge < -0.3 is 0 Å². The number of halogens is 5. The molecule has 0 fully saturated rings. The predicted molar refractivity (Wildman–Crippen MR) is 228 cm³/mol. The highest BCUT2D eigenvalue weighted by atomic mass is 35.5. The van der Waals surface area contributed by atoms with Gasteiger partial charge >= 0.3 is 6.18 Å². The molecule has 0 heterocycles. The highest BCUT2D eigenvalue weighted by Crippen LogP contribution is 2.51. The molecule has 270 valence electrons. The molecule has 0 aromatic heterocycles. The quantitative estimate of drug-likeness (QED) is 0.140. The Hall–Kier alpha value is -4.91. The molecule has 0 bridgehead atoms. The fraction of sp³-hybridized carbons (Fsp3) is 0.0417. The fourth-order valence-electron chi connectivity index (χ4n) is 7.06. The molecule has 0 N–H and O–H groups in total. The highest BCUT2D eigenvalue weighted by molar-refractivity contribution is 7.99. The molecule has 0 unspecified atom stereocenters. The van der Waals surface area contributed by atoms with Crippen LogP contribution in [0.25, 0.3) is 66.4 Å². The van der Waals surface area contributed by atoms with Gasteiger partial charge in [-0.15, -0.1) is 11.8 Å². The average Bonchev–Trinajstić information content (AvgIpc) is 3.20. The highest BCUT2D eigenvalue weighted by Gasteiger charge is 2.31. The largest absolute Gasteiger partial charge is 0.416 e. The zero-order valence-corrected chi connectivity index (χ0v) is 32.5. The number of rotatable bonds is 8. The molecule has 7 heteroatoms. The molecule has 0 aliphatic rings. The van der Waals surface area contributed by atoms with Crippen molar-refractivity contribution in [2.75, 3.05) is 6.26 Å². The van der Waals surface area contributed by atoms with E-state index in [-0.39, 0.29) is 0 Å². The van der Waals surface area contributed by atoms with E-state index in [9.17, 15) is 13.2 Å². The zero-order valence-electron chi connectivity index (χ0n) is 29.4. The molecule has 8 aromatic rings. The number of fused-ring (bicyclic) bond motifs is 1. The van der Waals surface area contributed by atoms with Crippen molar-refractivity contribution < 1.29 is 13.2 Å². The Morgan fingerprint density at radius 1 is 0.436 bits per heavy atom. The maximum absolute atomic E-state index is 14.3. The maximum atomic E-state index is 14.3. The maximum Gasteiger partial charge on any atom is 0.416 e. The van der Waals surface area contributed by atoms with Crippen LogP contribution in [0, 0.1) is 0 Å². The Balaban J connectivity index is 1.51. The van der Waals surface area contributed by atoms with E-state index < -0.39 is 11.7 Å². The van der Waals surface area contributed by atoms with Gasteiger partial charge in [-0.2, -0.15) is 13.2 Å². The Morgan fingerprint density at radius 2 is 1.02 bits per heavy atom. The van der Waals surface area contributed by atoms with E-state index in [1.165, 1.54) is 12.1 Å². The van der Waals surface area contributed by atoms with Gasteiger partial charge in [0.25, 0.3) is 0 Å². The van der Waals surface area contributed by atoms with Crippen LogP contribution in [0.15, 0.2) is 185 Å². The van der Waals surface area contributed by atoms with Crippen molar-refractivity contribution in [3.8, 4) is 55.6 Å². The Bertz CT molecular complexity index is 2640. The van der Waals surface area contributed by atoms with E-state index in [1.807, 2.05) is 73.0 Å². The number of alkyl halides is 3. The summed E-state index contributed by atoms with van der Waals surface area (Å²) in [6, 6.07) is 54.2. The lowest BCUT2D eigenvalue weighted by Gasteiger charge is -2.24. The van der Waals surface area contributed by atoms with E-state index in [1.54, 1.807) is 29.6 Å². The van der Waals surface area contributed by atoms with E-state index >= 15 is 0 Å². The van der Waals surface area contributed by atoms with Crippen LogP contribution in [-0.4, -0.2) is 6.26 Å². The van der Waals surface area contributed by atoms with E-state index in [0.29, 0.717) is 21.2 Å². The van der Waals surface area contributed by atoms with E-state index in [4.69, 9.17) is 23.2 Å². The molecule has 8 aromatic carbocycles. The van der Waals surface area contributed by atoms with Crippen molar-refractivity contribution >= 4 is 57.5 Å². The first kappa shape index (κ1) is 37.0. The van der Waals surface area contributed by atoms with Crippen molar-refractivity contribution in [1.29, 1.82) is 0 Å². The van der Waals surface area contributed by atoms with Crippen molar-refractivity contribution in [2.45, 2.75) is 20.9 Å². The molecule has 0 atom stereocenters. The summed E-state index contributed by atoms with van der Waals surface area (Å²) in [4.78, 5) is 3.28. The monoisotopic (exact) mass is 798 g/mol. The summed E-state index contributed by atoms with van der Waals surface area (Å²) in [5.41, 5.74) is 7.82. The molecule has 0 radical (unpaired) electrons. The minimum Gasteiger partial charge on any atom is -0.166 e. The lowest BCUT2D eigenvalue weighted by atomic mass is 9.79. The van der Waals surface area contributed by atoms with Crippen molar-refractivity contribution in [2.24, 2.45) is 0 Å². The minimum atomic E-state index is -4.51. The van der Waals surface area contributed by atoms with Gasteiger partial charge in [0.05, 0.1) is 5.56 Å². The van der Waals surface area contributed by atoms with E-state index in [2.05, 4.69) is 78.9 Å². The first-order valence-corrected chi connectivity index (χ1v) is 20.3. The van der Waals surface area contributed by atoms with Crippen LogP contribution in [0.1, 0.15) is 5.56 Å². The first-order chi connectivity index (χ1) is 26.7.